The van der Waals surface area contributed by atoms with Crippen LogP contribution in [0.4, 0.5) is 0 Å². The number of rotatable bonds is 6. The van der Waals surface area contributed by atoms with Gasteiger partial charge in [0, 0.05) is 5.54 Å². The van der Waals surface area contributed by atoms with Crippen molar-refractivity contribution < 1.29 is 23.8 Å². The molecule has 0 spiro atoms. The monoisotopic (exact) mass is 321 g/mol. The van der Waals surface area contributed by atoms with E-state index in [4.69, 9.17) is 14.2 Å². The third-order valence-electron chi connectivity index (χ3n) is 3.68. The Balaban J connectivity index is 1.82. The van der Waals surface area contributed by atoms with Gasteiger partial charge in [-0.15, -0.1) is 0 Å². The van der Waals surface area contributed by atoms with Crippen LogP contribution in [0.15, 0.2) is 18.2 Å². The van der Waals surface area contributed by atoms with E-state index in [9.17, 15) is 9.59 Å². The van der Waals surface area contributed by atoms with E-state index >= 15 is 0 Å². The largest absolute Gasteiger partial charge is 0.486 e. The van der Waals surface area contributed by atoms with Gasteiger partial charge in [0.2, 0.25) is 0 Å². The van der Waals surface area contributed by atoms with E-state index in [0.717, 1.165) is 12.0 Å². The molecule has 6 nitrogen and oxygen atoms in total. The predicted octanol–water partition coefficient (Wildman–Crippen LogP) is 1.85. The molecule has 0 unspecified atom stereocenters. The molecule has 126 valence electrons. The van der Waals surface area contributed by atoms with Crippen LogP contribution in [0.1, 0.15) is 32.8 Å². The summed E-state index contributed by atoms with van der Waals surface area (Å²) in [4.78, 5) is 23.6. The molecule has 2 rings (SSSR count). The maximum Gasteiger partial charge on any atom is 0.310 e. The lowest BCUT2D eigenvalue weighted by molar-refractivity contribution is -0.148. The average Bonchev–Trinajstić information content (AvgIpc) is 2.52. The van der Waals surface area contributed by atoms with Crippen molar-refractivity contribution in [3.63, 3.8) is 0 Å². The van der Waals surface area contributed by atoms with Crippen LogP contribution in [-0.4, -0.2) is 37.2 Å². The highest BCUT2D eigenvalue weighted by Crippen LogP contribution is 2.30. The number of esters is 1. The fraction of sp³-hybridized carbons (Fsp3) is 0.529. The molecular formula is C17H23NO5. The van der Waals surface area contributed by atoms with Crippen molar-refractivity contribution in [3.05, 3.63) is 23.8 Å². The number of carbonyl (C=O) groups is 2. The Bertz CT molecular complexity index is 582. The molecule has 0 aromatic heterocycles. The molecule has 23 heavy (non-hydrogen) atoms. The van der Waals surface area contributed by atoms with Gasteiger partial charge < -0.3 is 19.5 Å². The highest BCUT2D eigenvalue weighted by Gasteiger charge is 2.19. The molecule has 0 saturated heterocycles. The highest BCUT2D eigenvalue weighted by atomic mass is 16.6. The molecule has 0 saturated carbocycles. The lowest BCUT2D eigenvalue weighted by Crippen LogP contribution is -2.44. The predicted molar refractivity (Wildman–Crippen MR) is 84.6 cm³/mol. The highest BCUT2D eigenvalue weighted by molar-refractivity contribution is 5.81. The fourth-order valence-electron chi connectivity index (χ4n) is 2.06. The van der Waals surface area contributed by atoms with Gasteiger partial charge >= 0.3 is 5.97 Å². The van der Waals surface area contributed by atoms with E-state index in [0.29, 0.717) is 24.7 Å². The number of ether oxygens (including phenoxy) is 3. The summed E-state index contributed by atoms with van der Waals surface area (Å²) >= 11 is 0. The van der Waals surface area contributed by atoms with Gasteiger partial charge in [-0.25, -0.2) is 0 Å². The topological polar surface area (TPSA) is 73.9 Å². The second kappa shape index (κ2) is 7.35. The molecule has 1 aromatic rings. The number of carbonyl (C=O) groups excluding carboxylic acids is 2. The molecule has 6 heteroatoms. The summed E-state index contributed by atoms with van der Waals surface area (Å²) in [5.74, 6) is 0.553. The van der Waals surface area contributed by atoms with Gasteiger partial charge in [-0.3, -0.25) is 9.59 Å². The van der Waals surface area contributed by atoms with Crippen molar-refractivity contribution >= 4 is 11.9 Å². The first-order valence-corrected chi connectivity index (χ1v) is 7.75. The lowest BCUT2D eigenvalue weighted by Gasteiger charge is -2.24. The van der Waals surface area contributed by atoms with E-state index in [1.807, 2.05) is 20.8 Å². The van der Waals surface area contributed by atoms with Crippen molar-refractivity contribution in [1.29, 1.82) is 0 Å². The summed E-state index contributed by atoms with van der Waals surface area (Å²) in [5.41, 5.74) is 0.452. The summed E-state index contributed by atoms with van der Waals surface area (Å²) in [6.07, 6.45) is 0.880. The summed E-state index contributed by atoms with van der Waals surface area (Å²) in [5, 5.41) is 2.81. The number of fused-ring (bicyclic) bond motifs is 1. The van der Waals surface area contributed by atoms with E-state index in [1.54, 1.807) is 18.2 Å². The Morgan fingerprint density at radius 1 is 1.22 bits per heavy atom. The van der Waals surface area contributed by atoms with Crippen LogP contribution in [0.2, 0.25) is 0 Å². The number of nitrogens with one attached hydrogen (secondary N) is 1. The van der Waals surface area contributed by atoms with Crippen LogP contribution >= 0.6 is 0 Å². The summed E-state index contributed by atoms with van der Waals surface area (Å²) < 4.78 is 15.9. The fourth-order valence-corrected chi connectivity index (χ4v) is 2.06. The minimum Gasteiger partial charge on any atom is -0.486 e. The molecule has 0 atom stereocenters. The number of amides is 1. The van der Waals surface area contributed by atoms with Gasteiger partial charge in [-0.2, -0.15) is 0 Å². The molecular weight excluding hydrogens is 298 g/mol. The Kier molecular flexibility index (Phi) is 5.47. The average molecular weight is 321 g/mol. The molecule has 0 bridgehead atoms. The van der Waals surface area contributed by atoms with Gasteiger partial charge in [-0.05, 0) is 38.0 Å². The number of benzene rings is 1. The van der Waals surface area contributed by atoms with Crippen LogP contribution in [0.25, 0.3) is 0 Å². The number of hydrogen-bond donors (Lipinski definition) is 1. The Morgan fingerprint density at radius 3 is 2.61 bits per heavy atom. The Hall–Kier alpha value is -2.24. The first-order valence-electron chi connectivity index (χ1n) is 7.75. The van der Waals surface area contributed by atoms with E-state index < -0.39 is 5.97 Å². The van der Waals surface area contributed by atoms with Crippen LogP contribution in [0.3, 0.4) is 0 Å². The Labute approximate surface area is 136 Å². The standard InChI is InChI=1S/C17H23NO5/c1-4-17(2,3)18-15(19)11-23-16(20)10-12-5-6-13-14(9-12)22-8-7-21-13/h5-6,9H,4,7-8,10-11H2,1-3H3,(H,18,19). The second-order valence-corrected chi connectivity index (χ2v) is 6.10. The zero-order chi connectivity index (χ0) is 16.9. The SMILES string of the molecule is CCC(C)(C)NC(=O)COC(=O)Cc1ccc2c(c1)OCCO2. The van der Waals surface area contributed by atoms with Crippen LogP contribution in [0.5, 0.6) is 11.5 Å². The quantitative estimate of drug-likeness (QED) is 0.810. The maximum absolute atomic E-state index is 11.8. The minimum atomic E-state index is -0.453. The number of hydrogen-bond acceptors (Lipinski definition) is 5. The smallest absolute Gasteiger partial charge is 0.310 e. The first-order chi connectivity index (χ1) is 10.9. The Morgan fingerprint density at radius 2 is 1.91 bits per heavy atom. The lowest BCUT2D eigenvalue weighted by atomic mass is 10.0. The summed E-state index contributed by atoms with van der Waals surface area (Å²) in [6, 6.07) is 5.32. The second-order valence-electron chi connectivity index (χ2n) is 6.10. The molecule has 1 amide bonds. The van der Waals surface area contributed by atoms with Gasteiger partial charge in [0.15, 0.2) is 18.1 Å². The van der Waals surface area contributed by atoms with Crippen LogP contribution in [-0.2, 0) is 20.7 Å². The summed E-state index contributed by atoms with van der Waals surface area (Å²) in [6.45, 7) is 6.57. The third kappa shape index (κ3) is 5.16. The zero-order valence-electron chi connectivity index (χ0n) is 13.8. The van der Waals surface area contributed by atoms with Crippen LogP contribution < -0.4 is 14.8 Å². The van der Waals surface area contributed by atoms with Crippen LogP contribution in [0, 0.1) is 0 Å². The van der Waals surface area contributed by atoms with Crippen molar-refractivity contribution in [2.45, 2.75) is 39.2 Å². The van der Waals surface area contributed by atoms with E-state index in [2.05, 4.69) is 5.32 Å². The molecule has 1 heterocycles. The molecule has 0 radical (unpaired) electrons. The van der Waals surface area contributed by atoms with Gasteiger partial charge in [0.1, 0.15) is 13.2 Å². The van der Waals surface area contributed by atoms with Gasteiger partial charge in [0.25, 0.3) is 5.91 Å². The van der Waals surface area contributed by atoms with Crippen molar-refractivity contribution in [2.75, 3.05) is 19.8 Å². The molecule has 1 N–H and O–H groups in total. The maximum atomic E-state index is 11.8. The first kappa shape index (κ1) is 17.1. The van der Waals surface area contributed by atoms with Gasteiger partial charge in [-0.1, -0.05) is 13.0 Å². The molecule has 1 aromatic carbocycles. The minimum absolute atomic E-state index is 0.0844. The zero-order valence-corrected chi connectivity index (χ0v) is 13.8. The van der Waals surface area contributed by atoms with E-state index in [1.165, 1.54) is 0 Å². The molecule has 0 aliphatic carbocycles. The normalized spacial score (nSPS) is 13.3. The summed E-state index contributed by atoms with van der Waals surface area (Å²) in [7, 11) is 0. The molecule has 1 aliphatic rings. The van der Waals surface area contributed by atoms with Crippen molar-refractivity contribution in [2.24, 2.45) is 0 Å². The molecule has 0 fully saturated rings. The van der Waals surface area contributed by atoms with E-state index in [-0.39, 0.29) is 24.5 Å². The van der Waals surface area contributed by atoms with Gasteiger partial charge in [0.05, 0.1) is 6.42 Å². The van der Waals surface area contributed by atoms with Crippen molar-refractivity contribution in [1.82, 2.24) is 5.32 Å². The molecule has 1 aliphatic heterocycles. The third-order valence-corrected chi connectivity index (χ3v) is 3.68. The van der Waals surface area contributed by atoms with Crippen molar-refractivity contribution in [3.8, 4) is 11.5 Å².